The van der Waals surface area contributed by atoms with Gasteiger partial charge in [-0.2, -0.15) is 0 Å². The van der Waals surface area contributed by atoms with Gasteiger partial charge in [0.25, 0.3) is 0 Å². The van der Waals surface area contributed by atoms with Gasteiger partial charge in [-0.05, 0) is 46.1 Å². The third kappa shape index (κ3) is 5.99. The van der Waals surface area contributed by atoms with Crippen molar-refractivity contribution in [3.05, 3.63) is 47.3 Å². The summed E-state index contributed by atoms with van der Waals surface area (Å²) in [7, 11) is 0. The van der Waals surface area contributed by atoms with E-state index in [-0.39, 0.29) is 16.9 Å². The molecule has 1 amide bonds. The molecule has 1 aromatic rings. The van der Waals surface area contributed by atoms with Crippen LogP contribution in [-0.4, -0.2) is 35.7 Å². The lowest BCUT2D eigenvalue weighted by Gasteiger charge is -2.32. The van der Waals surface area contributed by atoms with Gasteiger partial charge >= 0.3 is 6.09 Å². The molecule has 26 heavy (non-hydrogen) atoms. The lowest BCUT2D eigenvalue weighted by atomic mass is 10.0. The van der Waals surface area contributed by atoms with Crippen molar-refractivity contribution in [2.75, 3.05) is 13.1 Å². The topological polar surface area (TPSA) is 41.6 Å². The van der Waals surface area contributed by atoms with E-state index in [0.29, 0.717) is 31.1 Å². The van der Waals surface area contributed by atoms with Gasteiger partial charge in [0, 0.05) is 30.7 Å². The van der Waals surface area contributed by atoms with Crippen LogP contribution >= 0.6 is 11.6 Å². The zero-order valence-electron chi connectivity index (χ0n) is 15.7. The second-order valence-electron chi connectivity index (χ2n) is 7.58. The number of ether oxygens (including phenoxy) is 1. The van der Waals surface area contributed by atoms with Crippen molar-refractivity contribution in [2.45, 2.75) is 57.7 Å². The van der Waals surface area contributed by atoms with Crippen molar-refractivity contribution in [3.63, 3.8) is 0 Å². The number of halogens is 2. The lowest BCUT2D eigenvalue weighted by Crippen LogP contribution is -2.40. The van der Waals surface area contributed by atoms with Gasteiger partial charge in [0.1, 0.15) is 11.4 Å². The fourth-order valence-corrected chi connectivity index (χ4v) is 3.16. The van der Waals surface area contributed by atoms with E-state index in [4.69, 9.17) is 16.3 Å². The number of rotatable bonds is 8. The summed E-state index contributed by atoms with van der Waals surface area (Å²) >= 11 is 5.97. The Kier molecular flexibility index (Phi) is 7.07. The number of nitrogens with one attached hydrogen (secondary N) is 1. The first-order valence-electron chi connectivity index (χ1n) is 9.00. The summed E-state index contributed by atoms with van der Waals surface area (Å²) in [5, 5.41) is 2.90. The molecule has 1 aliphatic carbocycles. The third-order valence-electron chi connectivity index (χ3n) is 4.18. The van der Waals surface area contributed by atoms with Gasteiger partial charge in [0.05, 0.1) is 5.02 Å². The van der Waals surface area contributed by atoms with Crippen molar-refractivity contribution >= 4 is 17.7 Å². The molecule has 1 atom stereocenters. The molecular weight excluding hydrogens is 355 g/mol. The van der Waals surface area contributed by atoms with Gasteiger partial charge in [-0.1, -0.05) is 29.8 Å². The number of hydrogen-bond acceptors (Lipinski definition) is 3. The minimum atomic E-state index is -0.532. The van der Waals surface area contributed by atoms with Crippen LogP contribution in [0.4, 0.5) is 9.18 Å². The molecule has 1 N–H and O–H groups in total. The van der Waals surface area contributed by atoms with Gasteiger partial charge in [0.15, 0.2) is 0 Å². The Bertz CT molecular complexity index is 641. The number of nitrogens with zero attached hydrogens (tertiary/aromatic N) is 1. The number of carbonyl (C=O) groups is 1. The standard InChI is InChI=1S/C20H28ClFN2O2/c1-5-7-17(15-8-6-9-16(21)18(15)22)24(14-10-11-14)13-12-23-19(25)26-20(2,3)4/h5-6,8-9,14,17H,1,7,10-13H2,2-4H3,(H,23,25). The van der Waals surface area contributed by atoms with E-state index in [1.807, 2.05) is 20.8 Å². The van der Waals surface area contributed by atoms with E-state index in [2.05, 4.69) is 16.8 Å². The summed E-state index contributed by atoms with van der Waals surface area (Å²) in [4.78, 5) is 14.1. The number of carbonyl (C=O) groups excluding carboxylic acids is 1. The fraction of sp³-hybridized carbons (Fsp3) is 0.550. The highest BCUT2D eigenvalue weighted by Gasteiger charge is 2.35. The van der Waals surface area contributed by atoms with Gasteiger partial charge in [-0.15, -0.1) is 6.58 Å². The molecule has 0 aromatic heterocycles. The quantitative estimate of drug-likeness (QED) is 0.637. The van der Waals surface area contributed by atoms with Crippen LogP contribution in [0, 0.1) is 5.82 Å². The largest absolute Gasteiger partial charge is 0.444 e. The Morgan fingerprint density at radius 1 is 1.50 bits per heavy atom. The molecule has 1 unspecified atom stereocenters. The van der Waals surface area contributed by atoms with Crippen molar-refractivity contribution in [3.8, 4) is 0 Å². The predicted octanol–water partition coefficient (Wildman–Crippen LogP) is 5.09. The Morgan fingerprint density at radius 2 is 2.19 bits per heavy atom. The number of amides is 1. The SMILES string of the molecule is C=CCC(c1cccc(Cl)c1F)N(CCNC(=O)OC(C)(C)C)C1CC1. The highest BCUT2D eigenvalue weighted by molar-refractivity contribution is 6.30. The second-order valence-corrected chi connectivity index (χ2v) is 7.99. The van der Waals surface area contributed by atoms with Gasteiger partial charge in [-0.25, -0.2) is 9.18 Å². The highest BCUT2D eigenvalue weighted by Crippen LogP contribution is 2.37. The van der Waals surface area contributed by atoms with Crippen LogP contribution in [0.3, 0.4) is 0 Å². The molecule has 2 rings (SSSR count). The molecule has 1 aliphatic rings. The summed E-state index contributed by atoms with van der Waals surface area (Å²) in [6, 6.07) is 5.32. The number of benzene rings is 1. The van der Waals surface area contributed by atoms with Crippen LogP contribution in [0.5, 0.6) is 0 Å². The van der Waals surface area contributed by atoms with E-state index in [1.165, 1.54) is 0 Å². The Hall–Kier alpha value is -1.59. The smallest absolute Gasteiger partial charge is 0.407 e. The molecule has 0 heterocycles. The molecule has 0 saturated heterocycles. The monoisotopic (exact) mass is 382 g/mol. The Balaban J connectivity index is 2.07. The first-order chi connectivity index (χ1) is 12.2. The van der Waals surface area contributed by atoms with Crippen molar-refractivity contribution in [1.29, 1.82) is 0 Å². The van der Waals surface area contributed by atoms with Gasteiger partial charge in [-0.3, -0.25) is 4.90 Å². The summed E-state index contributed by atoms with van der Waals surface area (Å²) < 4.78 is 19.8. The first kappa shape index (κ1) is 20.7. The summed E-state index contributed by atoms with van der Waals surface area (Å²) in [5.41, 5.74) is 0.0387. The minimum absolute atomic E-state index is 0.124. The summed E-state index contributed by atoms with van der Waals surface area (Å²) in [6.45, 7) is 10.3. The molecule has 0 aliphatic heterocycles. The molecule has 0 bridgehead atoms. The Labute approximate surface area is 160 Å². The molecule has 0 radical (unpaired) electrons. The van der Waals surface area contributed by atoms with Crippen molar-refractivity contribution in [1.82, 2.24) is 10.2 Å². The molecule has 144 valence electrons. The molecule has 1 fully saturated rings. The second kappa shape index (κ2) is 8.87. The number of hydrogen-bond donors (Lipinski definition) is 1. The van der Waals surface area contributed by atoms with Crippen LogP contribution in [0.15, 0.2) is 30.9 Å². The zero-order chi connectivity index (χ0) is 19.3. The fourth-order valence-electron chi connectivity index (χ4n) is 2.98. The molecule has 6 heteroatoms. The van der Waals surface area contributed by atoms with E-state index in [9.17, 15) is 9.18 Å². The summed E-state index contributed by atoms with van der Waals surface area (Å²) in [5.74, 6) is -0.383. The van der Waals surface area contributed by atoms with E-state index in [0.717, 1.165) is 12.8 Å². The van der Waals surface area contributed by atoms with Gasteiger partial charge < -0.3 is 10.1 Å². The predicted molar refractivity (Wildman–Crippen MR) is 103 cm³/mol. The third-order valence-corrected chi connectivity index (χ3v) is 4.48. The average molecular weight is 383 g/mol. The van der Waals surface area contributed by atoms with Crippen molar-refractivity contribution < 1.29 is 13.9 Å². The molecule has 4 nitrogen and oxygen atoms in total. The molecule has 0 spiro atoms. The van der Waals surface area contributed by atoms with E-state index >= 15 is 0 Å². The van der Waals surface area contributed by atoms with Crippen LogP contribution in [0.25, 0.3) is 0 Å². The minimum Gasteiger partial charge on any atom is -0.444 e. The van der Waals surface area contributed by atoms with Crippen LogP contribution in [0.1, 0.15) is 51.6 Å². The molecule has 1 aromatic carbocycles. The zero-order valence-corrected chi connectivity index (χ0v) is 16.5. The highest BCUT2D eigenvalue weighted by atomic mass is 35.5. The van der Waals surface area contributed by atoms with E-state index in [1.54, 1.807) is 24.3 Å². The first-order valence-corrected chi connectivity index (χ1v) is 9.38. The molecule has 1 saturated carbocycles. The maximum atomic E-state index is 14.6. The van der Waals surface area contributed by atoms with Crippen molar-refractivity contribution in [2.24, 2.45) is 0 Å². The maximum Gasteiger partial charge on any atom is 0.407 e. The molecular formula is C20H28ClFN2O2. The van der Waals surface area contributed by atoms with Crippen LogP contribution in [-0.2, 0) is 4.74 Å². The van der Waals surface area contributed by atoms with Crippen LogP contribution < -0.4 is 5.32 Å². The summed E-state index contributed by atoms with van der Waals surface area (Å²) in [6.07, 6.45) is 4.11. The van der Waals surface area contributed by atoms with Crippen LogP contribution in [0.2, 0.25) is 5.02 Å². The van der Waals surface area contributed by atoms with E-state index < -0.39 is 11.7 Å². The maximum absolute atomic E-state index is 14.6. The lowest BCUT2D eigenvalue weighted by molar-refractivity contribution is 0.0516. The average Bonchev–Trinajstić information content (AvgIpc) is 3.36. The number of alkyl carbamates (subject to hydrolysis) is 1. The normalized spacial score (nSPS) is 15.6. The Morgan fingerprint density at radius 3 is 2.77 bits per heavy atom. The van der Waals surface area contributed by atoms with Gasteiger partial charge in [0.2, 0.25) is 0 Å².